The van der Waals surface area contributed by atoms with Crippen LogP contribution in [0.3, 0.4) is 0 Å². The van der Waals surface area contributed by atoms with E-state index in [9.17, 15) is 0 Å². The Morgan fingerprint density at radius 3 is 1.75 bits per heavy atom. The molecule has 1 fully saturated rings. The Kier molecular flexibility index (Phi) is 4.39. The lowest BCUT2D eigenvalue weighted by Gasteiger charge is -2.30. The summed E-state index contributed by atoms with van der Waals surface area (Å²) < 4.78 is 0. The number of aromatic nitrogens is 1. The fourth-order valence-corrected chi connectivity index (χ4v) is 3.83. The first-order valence-electron chi connectivity index (χ1n) is 8.67. The summed E-state index contributed by atoms with van der Waals surface area (Å²) in [5.41, 5.74) is 3.96. The second-order valence-electron chi connectivity index (χ2n) is 6.42. The van der Waals surface area contributed by atoms with E-state index in [1.807, 2.05) is 12.3 Å². The highest BCUT2D eigenvalue weighted by atomic mass is 15.2. The lowest BCUT2D eigenvalue weighted by molar-refractivity contribution is 0.183. The Labute approximate surface area is 143 Å². The van der Waals surface area contributed by atoms with Crippen molar-refractivity contribution in [3.05, 3.63) is 102 Å². The van der Waals surface area contributed by atoms with Crippen LogP contribution in [0.15, 0.2) is 85.1 Å². The van der Waals surface area contributed by atoms with Crippen LogP contribution in [-0.4, -0.2) is 9.88 Å². The van der Waals surface area contributed by atoms with Crippen molar-refractivity contribution in [1.82, 2.24) is 9.88 Å². The van der Waals surface area contributed by atoms with Gasteiger partial charge in [0.15, 0.2) is 0 Å². The van der Waals surface area contributed by atoms with Gasteiger partial charge in [-0.15, -0.1) is 0 Å². The van der Waals surface area contributed by atoms with E-state index in [0.29, 0.717) is 12.1 Å². The van der Waals surface area contributed by atoms with Gasteiger partial charge in [0.25, 0.3) is 0 Å². The third-order valence-corrected chi connectivity index (χ3v) is 4.95. The number of rotatable bonds is 4. The van der Waals surface area contributed by atoms with Gasteiger partial charge in [-0.3, -0.25) is 9.88 Å². The average molecular weight is 314 g/mol. The Balaban J connectivity index is 1.67. The molecule has 1 aliphatic heterocycles. The van der Waals surface area contributed by atoms with Crippen molar-refractivity contribution in [3.8, 4) is 0 Å². The van der Waals surface area contributed by atoms with Crippen molar-refractivity contribution in [2.75, 3.05) is 0 Å². The number of likely N-dealkylation sites (tertiary alicyclic amines) is 1. The molecule has 1 aromatic heterocycles. The number of hydrogen-bond acceptors (Lipinski definition) is 2. The van der Waals surface area contributed by atoms with Gasteiger partial charge in [-0.1, -0.05) is 66.7 Å². The highest BCUT2D eigenvalue weighted by Gasteiger charge is 2.35. The molecular formula is C22H22N2. The van der Waals surface area contributed by atoms with Crippen LogP contribution < -0.4 is 0 Å². The van der Waals surface area contributed by atoms with Crippen molar-refractivity contribution in [2.45, 2.75) is 31.5 Å². The van der Waals surface area contributed by atoms with Crippen LogP contribution in [0.5, 0.6) is 0 Å². The van der Waals surface area contributed by atoms with Gasteiger partial charge in [-0.05, 0) is 36.1 Å². The fraction of sp³-hybridized carbons (Fsp3) is 0.227. The van der Waals surface area contributed by atoms with Crippen molar-refractivity contribution < 1.29 is 0 Å². The van der Waals surface area contributed by atoms with E-state index in [4.69, 9.17) is 0 Å². The van der Waals surface area contributed by atoms with Gasteiger partial charge in [0.1, 0.15) is 0 Å². The smallest absolute Gasteiger partial charge is 0.0544 e. The zero-order valence-corrected chi connectivity index (χ0v) is 13.8. The van der Waals surface area contributed by atoms with E-state index in [0.717, 1.165) is 12.2 Å². The summed E-state index contributed by atoms with van der Waals surface area (Å²) in [6.45, 7) is 0.889. The summed E-state index contributed by atoms with van der Waals surface area (Å²) in [6.07, 6.45) is 4.27. The van der Waals surface area contributed by atoms with E-state index >= 15 is 0 Å². The first-order chi connectivity index (χ1) is 11.9. The molecule has 1 saturated heterocycles. The highest BCUT2D eigenvalue weighted by Crippen LogP contribution is 2.44. The SMILES string of the molecule is c1ccc([C@H]2CC[C@H](c3ccccc3)N2Cc2ccccn2)cc1. The van der Waals surface area contributed by atoms with E-state index in [1.165, 1.54) is 24.0 Å². The predicted molar refractivity (Wildman–Crippen MR) is 97.4 cm³/mol. The maximum Gasteiger partial charge on any atom is 0.0544 e. The van der Waals surface area contributed by atoms with Crippen LogP contribution in [0.1, 0.15) is 41.7 Å². The molecule has 2 heterocycles. The molecular weight excluding hydrogens is 292 g/mol. The quantitative estimate of drug-likeness (QED) is 0.661. The van der Waals surface area contributed by atoms with E-state index in [1.54, 1.807) is 0 Å². The van der Waals surface area contributed by atoms with Crippen molar-refractivity contribution in [3.63, 3.8) is 0 Å². The van der Waals surface area contributed by atoms with Gasteiger partial charge in [-0.2, -0.15) is 0 Å². The second kappa shape index (κ2) is 6.98. The summed E-state index contributed by atoms with van der Waals surface area (Å²) in [6, 6.07) is 28.9. The standard InChI is InChI=1S/C22H22N2/c1-3-9-18(10-4-1)21-14-15-22(19-11-5-2-6-12-19)24(21)17-20-13-7-8-16-23-20/h1-13,16,21-22H,14-15,17H2/t21-,22-/m1/s1. The van der Waals surface area contributed by atoms with Gasteiger partial charge in [0.2, 0.25) is 0 Å². The molecule has 2 atom stereocenters. The van der Waals surface area contributed by atoms with Crippen molar-refractivity contribution in [1.29, 1.82) is 0 Å². The van der Waals surface area contributed by atoms with Crippen LogP contribution in [0, 0.1) is 0 Å². The minimum Gasteiger partial charge on any atom is -0.284 e. The van der Waals surface area contributed by atoms with Crippen LogP contribution in [0.2, 0.25) is 0 Å². The normalized spacial score (nSPS) is 21.0. The second-order valence-corrected chi connectivity index (χ2v) is 6.42. The molecule has 3 aromatic rings. The van der Waals surface area contributed by atoms with Gasteiger partial charge in [0.05, 0.1) is 5.69 Å². The molecule has 1 aliphatic rings. The molecule has 120 valence electrons. The minimum absolute atomic E-state index is 0.457. The van der Waals surface area contributed by atoms with E-state index < -0.39 is 0 Å². The Morgan fingerprint density at radius 2 is 1.25 bits per heavy atom. The Morgan fingerprint density at radius 1 is 0.708 bits per heavy atom. The van der Waals surface area contributed by atoms with Crippen molar-refractivity contribution in [2.24, 2.45) is 0 Å². The van der Waals surface area contributed by atoms with Crippen LogP contribution in [0.25, 0.3) is 0 Å². The largest absolute Gasteiger partial charge is 0.284 e. The monoisotopic (exact) mass is 314 g/mol. The lowest BCUT2D eigenvalue weighted by atomic mass is 10.0. The van der Waals surface area contributed by atoms with Crippen LogP contribution in [0.4, 0.5) is 0 Å². The van der Waals surface area contributed by atoms with Gasteiger partial charge in [-0.25, -0.2) is 0 Å². The zero-order valence-electron chi connectivity index (χ0n) is 13.8. The number of nitrogens with zero attached hydrogens (tertiary/aromatic N) is 2. The molecule has 2 heteroatoms. The fourth-order valence-electron chi connectivity index (χ4n) is 3.83. The van der Waals surface area contributed by atoms with Crippen molar-refractivity contribution >= 4 is 0 Å². The topological polar surface area (TPSA) is 16.1 Å². The summed E-state index contributed by atoms with van der Waals surface area (Å²) in [7, 11) is 0. The molecule has 2 nitrogen and oxygen atoms in total. The van der Waals surface area contributed by atoms with Gasteiger partial charge in [0, 0.05) is 24.8 Å². The maximum atomic E-state index is 4.56. The molecule has 0 amide bonds. The third kappa shape index (κ3) is 3.10. The summed E-state index contributed by atoms with van der Waals surface area (Å²) >= 11 is 0. The molecule has 0 radical (unpaired) electrons. The van der Waals surface area contributed by atoms with Crippen LogP contribution >= 0.6 is 0 Å². The predicted octanol–water partition coefficient (Wildman–Crippen LogP) is 5.16. The number of hydrogen-bond donors (Lipinski definition) is 0. The Bertz CT molecular complexity index is 708. The minimum atomic E-state index is 0.457. The first-order valence-corrected chi connectivity index (χ1v) is 8.67. The van der Waals surface area contributed by atoms with Crippen LogP contribution in [-0.2, 0) is 6.54 Å². The summed E-state index contributed by atoms with van der Waals surface area (Å²) in [5, 5.41) is 0. The number of benzene rings is 2. The molecule has 24 heavy (non-hydrogen) atoms. The maximum absolute atomic E-state index is 4.56. The van der Waals surface area contributed by atoms with E-state index in [2.05, 4.69) is 82.7 Å². The first kappa shape index (κ1) is 15.1. The Hall–Kier alpha value is -2.45. The van der Waals surface area contributed by atoms with E-state index in [-0.39, 0.29) is 0 Å². The van der Waals surface area contributed by atoms with Gasteiger partial charge >= 0.3 is 0 Å². The molecule has 0 spiro atoms. The molecule has 2 aromatic carbocycles. The zero-order chi connectivity index (χ0) is 16.2. The average Bonchev–Trinajstić information content (AvgIpc) is 3.07. The highest BCUT2D eigenvalue weighted by molar-refractivity contribution is 5.26. The third-order valence-electron chi connectivity index (χ3n) is 4.95. The molecule has 0 aliphatic carbocycles. The molecule has 0 N–H and O–H groups in total. The molecule has 4 rings (SSSR count). The number of pyridine rings is 1. The molecule has 0 saturated carbocycles. The summed E-state index contributed by atoms with van der Waals surface area (Å²) in [5.74, 6) is 0. The lowest BCUT2D eigenvalue weighted by Crippen LogP contribution is -2.26. The molecule has 0 bridgehead atoms. The summed E-state index contributed by atoms with van der Waals surface area (Å²) in [4.78, 5) is 7.17. The van der Waals surface area contributed by atoms with Gasteiger partial charge < -0.3 is 0 Å². The molecule has 0 unspecified atom stereocenters.